The molecular weight excluding hydrogens is 438 g/mol. The summed E-state index contributed by atoms with van der Waals surface area (Å²) in [5, 5.41) is 0. The second kappa shape index (κ2) is 12.5. The fraction of sp³-hybridized carbons (Fsp3) is 0.261. The van der Waals surface area contributed by atoms with E-state index in [2.05, 4.69) is 34.0 Å². The number of nitrogens with zero attached hydrogens (tertiary/aromatic N) is 4. The van der Waals surface area contributed by atoms with Gasteiger partial charge in [0.2, 0.25) is 0 Å². The van der Waals surface area contributed by atoms with Gasteiger partial charge in [-0.2, -0.15) is 18.2 Å². The Bertz CT molecular complexity index is 1030. The number of amidine groups is 2. The molecule has 2 N–H and O–H groups in total. The van der Waals surface area contributed by atoms with E-state index in [9.17, 15) is 17.6 Å². The summed E-state index contributed by atoms with van der Waals surface area (Å²) in [6.45, 7) is 9.17. The highest BCUT2D eigenvalue weighted by Gasteiger charge is 2.30. The van der Waals surface area contributed by atoms with Gasteiger partial charge in [-0.3, -0.25) is 0 Å². The first kappa shape index (κ1) is 27.5. The van der Waals surface area contributed by atoms with Crippen LogP contribution in [0.5, 0.6) is 0 Å². The molecule has 0 aromatic heterocycles. The monoisotopic (exact) mass is 465 g/mol. The smallest absolute Gasteiger partial charge is 0.416 e. The van der Waals surface area contributed by atoms with Gasteiger partial charge < -0.3 is 15.4 Å². The van der Waals surface area contributed by atoms with Crippen LogP contribution in [0.25, 0.3) is 5.70 Å². The molecule has 0 amide bonds. The van der Waals surface area contributed by atoms with Gasteiger partial charge in [0, 0.05) is 30.9 Å². The molecule has 178 valence electrons. The molecule has 0 aliphatic rings. The number of ether oxygens (including phenoxy) is 1. The van der Waals surface area contributed by atoms with E-state index in [1.807, 2.05) is 0 Å². The van der Waals surface area contributed by atoms with Crippen molar-refractivity contribution < 1.29 is 22.3 Å². The average Bonchev–Trinajstić information content (AvgIpc) is 2.79. The first-order chi connectivity index (χ1) is 15.6. The van der Waals surface area contributed by atoms with Crippen LogP contribution in [0.15, 0.2) is 64.0 Å². The van der Waals surface area contributed by atoms with E-state index < -0.39 is 17.6 Å². The van der Waals surface area contributed by atoms with Crippen LogP contribution in [0, 0.1) is 5.82 Å². The number of benzene rings is 2. The minimum absolute atomic E-state index is 0.00537. The quantitative estimate of drug-likeness (QED) is 0.378. The van der Waals surface area contributed by atoms with Crippen LogP contribution in [0.3, 0.4) is 0 Å². The number of alkyl halides is 3. The molecular formula is C23H27F4N5O. The zero-order valence-electron chi connectivity index (χ0n) is 18.9. The van der Waals surface area contributed by atoms with Gasteiger partial charge in [-0.15, -0.1) is 0 Å². The Balaban J connectivity index is 0.00000265. The maximum Gasteiger partial charge on any atom is 0.416 e. The Morgan fingerprint density at radius 2 is 1.79 bits per heavy atom. The second-order valence-corrected chi connectivity index (χ2v) is 6.50. The van der Waals surface area contributed by atoms with E-state index in [0.717, 1.165) is 12.1 Å². The summed E-state index contributed by atoms with van der Waals surface area (Å²) in [5.74, 6) is -0.542. The molecule has 0 fully saturated rings. The van der Waals surface area contributed by atoms with E-state index in [1.165, 1.54) is 37.4 Å². The van der Waals surface area contributed by atoms with Crippen molar-refractivity contribution in [1.29, 1.82) is 0 Å². The average molecular weight is 465 g/mol. The number of hydrogen-bond acceptors (Lipinski definition) is 4. The predicted octanol–water partition coefficient (Wildman–Crippen LogP) is 5.12. The van der Waals surface area contributed by atoms with Crippen LogP contribution in [0.1, 0.15) is 23.6 Å². The Labute approximate surface area is 190 Å². The molecule has 2 rings (SSSR count). The number of hydrogen-bond donors (Lipinski definition) is 1. The van der Waals surface area contributed by atoms with Crippen LogP contribution in [-0.2, 0) is 10.9 Å². The molecule has 2 aromatic carbocycles. The van der Waals surface area contributed by atoms with Gasteiger partial charge in [0.15, 0.2) is 5.84 Å². The molecule has 0 unspecified atom stereocenters. The first-order valence-corrected chi connectivity index (χ1v) is 9.75. The van der Waals surface area contributed by atoms with E-state index in [0.29, 0.717) is 11.3 Å². The molecule has 0 saturated heterocycles. The fourth-order valence-corrected chi connectivity index (χ4v) is 2.49. The summed E-state index contributed by atoms with van der Waals surface area (Å²) < 4.78 is 58.9. The van der Waals surface area contributed by atoms with Gasteiger partial charge in [0.05, 0.1) is 17.9 Å². The summed E-state index contributed by atoms with van der Waals surface area (Å²) in [4.78, 5) is 13.7. The number of rotatable bonds is 5. The zero-order chi connectivity index (χ0) is 25.2. The molecule has 0 saturated carbocycles. The summed E-state index contributed by atoms with van der Waals surface area (Å²) in [6, 6.07) is 8.42. The molecule has 0 atom stereocenters. The Hall–Kier alpha value is -3.53. The Kier molecular flexibility index (Phi) is 10.4. The van der Waals surface area contributed by atoms with Gasteiger partial charge in [-0.1, -0.05) is 12.6 Å². The third-order valence-corrected chi connectivity index (χ3v) is 4.09. The molecule has 0 aliphatic carbocycles. The third kappa shape index (κ3) is 7.83. The van der Waals surface area contributed by atoms with Crippen LogP contribution >= 0.6 is 0 Å². The van der Waals surface area contributed by atoms with Crippen LogP contribution in [0.2, 0.25) is 0 Å². The molecule has 10 heteroatoms. The number of nitrogens with two attached hydrogens (primary N) is 1. The molecule has 0 bridgehead atoms. The van der Waals surface area contributed by atoms with Gasteiger partial charge in [-0.25, -0.2) is 14.4 Å². The minimum Gasteiger partial charge on any atom is -0.464 e. The number of aliphatic imine (C=N–C) groups is 3. The van der Waals surface area contributed by atoms with Gasteiger partial charge >= 0.3 is 12.2 Å². The van der Waals surface area contributed by atoms with Gasteiger partial charge in [0.25, 0.3) is 0 Å². The highest BCUT2D eigenvalue weighted by molar-refractivity contribution is 6.07. The van der Waals surface area contributed by atoms with E-state index in [4.69, 9.17) is 4.74 Å². The highest BCUT2D eigenvalue weighted by atomic mass is 19.4. The number of halogens is 4. The zero-order valence-corrected chi connectivity index (χ0v) is 18.9. The Morgan fingerprint density at radius 1 is 1.12 bits per heavy atom. The van der Waals surface area contributed by atoms with Crippen molar-refractivity contribution in [3.63, 3.8) is 0 Å². The van der Waals surface area contributed by atoms with E-state index in [1.54, 1.807) is 25.9 Å². The van der Waals surface area contributed by atoms with Crippen molar-refractivity contribution in [3.8, 4) is 0 Å². The molecule has 0 spiro atoms. The normalized spacial score (nSPS) is 11.9. The first-order valence-electron chi connectivity index (χ1n) is 9.75. The largest absolute Gasteiger partial charge is 0.464 e. The van der Waals surface area contributed by atoms with Crippen molar-refractivity contribution in [3.05, 3.63) is 71.6 Å². The maximum absolute atomic E-state index is 14.4. The minimum atomic E-state index is -4.53. The second-order valence-electron chi connectivity index (χ2n) is 6.50. The van der Waals surface area contributed by atoms with Crippen molar-refractivity contribution in [2.75, 3.05) is 27.7 Å². The van der Waals surface area contributed by atoms with Gasteiger partial charge in [0.1, 0.15) is 5.82 Å². The van der Waals surface area contributed by atoms with E-state index >= 15 is 0 Å². The van der Waals surface area contributed by atoms with Crippen molar-refractivity contribution in [1.82, 2.24) is 4.90 Å². The lowest BCUT2D eigenvalue weighted by Gasteiger charge is -2.17. The Morgan fingerprint density at radius 3 is 2.33 bits per heavy atom. The molecule has 0 heterocycles. The van der Waals surface area contributed by atoms with Gasteiger partial charge in [-0.05, 0) is 57.1 Å². The molecule has 0 aliphatic heterocycles. The highest BCUT2D eigenvalue weighted by Crippen LogP contribution is 2.32. The van der Waals surface area contributed by atoms with Crippen LogP contribution < -0.4 is 5.73 Å². The standard InChI is InChI=1S/C22H22F4N4O.CH5N/c1-6-31-21(27-3)29-20(28-17-9-7-8-16(13-17)22(24,25)26)15-10-11-19(23)18(12-15)14(2)30(4)5;1-2/h7-13H,2-3,6H2,1,4-5H3;2H2,1H3. The van der Waals surface area contributed by atoms with Crippen LogP contribution in [0.4, 0.5) is 23.2 Å². The summed E-state index contributed by atoms with van der Waals surface area (Å²) in [7, 11) is 4.91. The molecule has 2 aromatic rings. The maximum atomic E-state index is 14.4. The van der Waals surface area contributed by atoms with Crippen molar-refractivity contribution in [2.24, 2.45) is 20.7 Å². The van der Waals surface area contributed by atoms with Crippen molar-refractivity contribution in [2.45, 2.75) is 13.1 Å². The lowest BCUT2D eigenvalue weighted by molar-refractivity contribution is -0.137. The summed E-state index contributed by atoms with van der Waals surface area (Å²) in [6.07, 6.45) is -4.53. The fourth-order valence-electron chi connectivity index (χ4n) is 2.49. The lowest BCUT2D eigenvalue weighted by atomic mass is 10.1. The SMILES string of the molecule is C=NC(=NC(=Nc1cccc(C(F)(F)F)c1)c1ccc(F)c(C(=C)N(C)C)c1)OCC.CN. The molecule has 6 nitrogen and oxygen atoms in total. The topological polar surface area (TPSA) is 75.6 Å². The lowest BCUT2D eigenvalue weighted by Crippen LogP contribution is -2.12. The molecule has 0 radical (unpaired) electrons. The van der Waals surface area contributed by atoms with Crippen LogP contribution in [-0.4, -0.2) is 51.2 Å². The van der Waals surface area contributed by atoms with E-state index in [-0.39, 0.29) is 29.7 Å². The predicted molar refractivity (Wildman–Crippen MR) is 125 cm³/mol. The van der Waals surface area contributed by atoms with Crippen molar-refractivity contribution >= 4 is 30.0 Å². The summed E-state index contributed by atoms with van der Waals surface area (Å²) in [5.41, 5.74) is 4.57. The third-order valence-electron chi connectivity index (χ3n) is 4.09. The summed E-state index contributed by atoms with van der Waals surface area (Å²) >= 11 is 0. The molecule has 33 heavy (non-hydrogen) atoms.